The van der Waals surface area contributed by atoms with Gasteiger partial charge in [0, 0.05) is 36.9 Å². The maximum atomic E-state index is 4.52. The van der Waals surface area contributed by atoms with E-state index in [2.05, 4.69) is 46.8 Å². The van der Waals surface area contributed by atoms with E-state index in [0.717, 1.165) is 23.7 Å². The summed E-state index contributed by atoms with van der Waals surface area (Å²) in [4.78, 5) is 7.79. The molecule has 1 atom stereocenters. The van der Waals surface area contributed by atoms with Gasteiger partial charge in [0.15, 0.2) is 4.96 Å². The Morgan fingerprint density at radius 2 is 2.38 bits per heavy atom. The average molecular weight is 238 g/mol. The third-order valence-electron chi connectivity index (χ3n) is 2.77. The van der Waals surface area contributed by atoms with Crippen LogP contribution in [0.4, 0.5) is 0 Å². The van der Waals surface area contributed by atoms with E-state index in [1.54, 1.807) is 11.3 Å². The summed E-state index contributed by atoms with van der Waals surface area (Å²) in [6.45, 7) is 4.03. The van der Waals surface area contributed by atoms with E-state index in [1.165, 1.54) is 0 Å². The van der Waals surface area contributed by atoms with Crippen molar-refractivity contribution in [1.29, 1.82) is 0 Å². The SMILES string of the molecule is CC(CNCc1cn2ccsc2n1)N(C)C. The van der Waals surface area contributed by atoms with Gasteiger partial charge in [-0.2, -0.15) is 0 Å². The molecule has 0 spiro atoms. The summed E-state index contributed by atoms with van der Waals surface area (Å²) < 4.78 is 2.07. The van der Waals surface area contributed by atoms with E-state index in [1.807, 2.05) is 11.6 Å². The lowest BCUT2D eigenvalue weighted by Crippen LogP contribution is -2.35. The minimum Gasteiger partial charge on any atom is -0.310 e. The van der Waals surface area contributed by atoms with E-state index in [-0.39, 0.29) is 0 Å². The van der Waals surface area contributed by atoms with Gasteiger partial charge in [-0.05, 0) is 21.0 Å². The topological polar surface area (TPSA) is 32.6 Å². The highest BCUT2D eigenvalue weighted by Crippen LogP contribution is 2.10. The number of hydrogen-bond acceptors (Lipinski definition) is 4. The van der Waals surface area contributed by atoms with Crippen LogP contribution < -0.4 is 5.32 Å². The van der Waals surface area contributed by atoms with E-state index in [9.17, 15) is 0 Å². The van der Waals surface area contributed by atoms with Crippen LogP contribution in [-0.4, -0.2) is 41.0 Å². The molecule has 4 nitrogen and oxygen atoms in total. The molecular formula is C11H18N4S. The number of hydrogen-bond donors (Lipinski definition) is 1. The van der Waals surface area contributed by atoms with Gasteiger partial charge < -0.3 is 10.2 Å². The zero-order valence-electron chi connectivity index (χ0n) is 9.97. The van der Waals surface area contributed by atoms with Gasteiger partial charge in [-0.3, -0.25) is 4.40 Å². The van der Waals surface area contributed by atoms with Gasteiger partial charge in [-0.1, -0.05) is 0 Å². The van der Waals surface area contributed by atoms with Crippen LogP contribution in [0.15, 0.2) is 17.8 Å². The molecule has 0 fully saturated rings. The molecule has 88 valence electrons. The Morgan fingerprint density at radius 3 is 3.06 bits per heavy atom. The van der Waals surface area contributed by atoms with Crippen LogP contribution >= 0.6 is 11.3 Å². The summed E-state index contributed by atoms with van der Waals surface area (Å²) in [5.74, 6) is 0. The Balaban J connectivity index is 1.84. The summed E-state index contributed by atoms with van der Waals surface area (Å²) in [7, 11) is 4.19. The number of nitrogens with zero attached hydrogens (tertiary/aromatic N) is 3. The van der Waals surface area contributed by atoms with Crippen molar-refractivity contribution in [2.75, 3.05) is 20.6 Å². The first-order chi connectivity index (χ1) is 7.66. The minimum atomic E-state index is 0.545. The van der Waals surface area contributed by atoms with E-state index in [4.69, 9.17) is 0 Å². The lowest BCUT2D eigenvalue weighted by atomic mass is 10.3. The fraction of sp³-hybridized carbons (Fsp3) is 0.545. The summed E-state index contributed by atoms with van der Waals surface area (Å²) in [6, 6.07) is 0.545. The molecule has 2 aromatic rings. The Morgan fingerprint density at radius 1 is 1.56 bits per heavy atom. The molecule has 0 aliphatic rings. The monoisotopic (exact) mass is 238 g/mol. The molecule has 5 heteroatoms. The van der Waals surface area contributed by atoms with E-state index in [0.29, 0.717) is 6.04 Å². The minimum absolute atomic E-state index is 0.545. The Bertz CT molecular complexity index is 417. The zero-order chi connectivity index (χ0) is 11.5. The lowest BCUT2D eigenvalue weighted by Gasteiger charge is -2.19. The highest BCUT2D eigenvalue weighted by Gasteiger charge is 2.05. The average Bonchev–Trinajstić information content (AvgIpc) is 2.77. The highest BCUT2D eigenvalue weighted by atomic mass is 32.1. The third kappa shape index (κ3) is 2.61. The highest BCUT2D eigenvalue weighted by molar-refractivity contribution is 7.15. The predicted octanol–water partition coefficient (Wildman–Crippen LogP) is 1.44. The van der Waals surface area contributed by atoms with Crippen molar-refractivity contribution < 1.29 is 0 Å². The summed E-state index contributed by atoms with van der Waals surface area (Å²) >= 11 is 1.67. The second-order valence-corrected chi connectivity index (χ2v) is 5.14. The maximum Gasteiger partial charge on any atom is 0.193 e. The van der Waals surface area contributed by atoms with Gasteiger partial charge in [0.25, 0.3) is 0 Å². The summed E-state index contributed by atoms with van der Waals surface area (Å²) in [5, 5.41) is 5.47. The van der Waals surface area contributed by atoms with Crippen LogP contribution in [0.2, 0.25) is 0 Å². The van der Waals surface area contributed by atoms with Crippen molar-refractivity contribution in [3.63, 3.8) is 0 Å². The molecule has 0 saturated carbocycles. The number of aromatic nitrogens is 2. The first kappa shape index (κ1) is 11.6. The molecule has 0 aromatic carbocycles. The quantitative estimate of drug-likeness (QED) is 0.855. The van der Waals surface area contributed by atoms with Gasteiger partial charge in [0.2, 0.25) is 0 Å². The second kappa shape index (κ2) is 4.95. The molecule has 2 aromatic heterocycles. The number of nitrogens with one attached hydrogen (secondary N) is 1. The van der Waals surface area contributed by atoms with Crippen molar-refractivity contribution >= 4 is 16.3 Å². The maximum absolute atomic E-state index is 4.52. The van der Waals surface area contributed by atoms with Crippen LogP contribution in [0.5, 0.6) is 0 Å². The van der Waals surface area contributed by atoms with Crippen LogP contribution in [-0.2, 0) is 6.54 Å². The molecule has 0 bridgehead atoms. The Labute approximate surface area is 99.9 Å². The number of thiazole rings is 1. The molecular weight excluding hydrogens is 220 g/mol. The zero-order valence-corrected chi connectivity index (χ0v) is 10.8. The molecule has 0 radical (unpaired) electrons. The van der Waals surface area contributed by atoms with Gasteiger partial charge in [0.05, 0.1) is 5.69 Å². The number of fused-ring (bicyclic) bond motifs is 1. The molecule has 0 saturated heterocycles. The molecule has 2 rings (SSSR count). The molecule has 16 heavy (non-hydrogen) atoms. The van der Waals surface area contributed by atoms with Crippen molar-refractivity contribution in [2.24, 2.45) is 0 Å². The van der Waals surface area contributed by atoms with Crippen molar-refractivity contribution in [2.45, 2.75) is 19.5 Å². The number of imidazole rings is 1. The standard InChI is InChI=1S/C11H18N4S/c1-9(14(2)3)6-12-7-10-8-15-4-5-16-11(15)13-10/h4-5,8-9,12H,6-7H2,1-3H3. The first-order valence-electron chi connectivity index (χ1n) is 5.45. The van der Waals surface area contributed by atoms with Gasteiger partial charge in [-0.25, -0.2) is 4.98 Å². The van der Waals surface area contributed by atoms with Crippen LogP contribution in [0.3, 0.4) is 0 Å². The molecule has 1 N–H and O–H groups in total. The lowest BCUT2D eigenvalue weighted by molar-refractivity contribution is 0.302. The smallest absolute Gasteiger partial charge is 0.193 e. The van der Waals surface area contributed by atoms with Gasteiger partial charge in [0.1, 0.15) is 0 Å². The second-order valence-electron chi connectivity index (χ2n) is 4.27. The van der Waals surface area contributed by atoms with Crippen molar-refractivity contribution in [1.82, 2.24) is 19.6 Å². The predicted molar refractivity (Wildman–Crippen MR) is 67.9 cm³/mol. The normalized spacial score (nSPS) is 13.8. The van der Waals surface area contributed by atoms with E-state index >= 15 is 0 Å². The Hall–Kier alpha value is -0.910. The van der Waals surface area contributed by atoms with E-state index < -0.39 is 0 Å². The first-order valence-corrected chi connectivity index (χ1v) is 6.33. The third-order valence-corrected chi connectivity index (χ3v) is 3.54. The summed E-state index contributed by atoms with van der Waals surface area (Å²) in [6.07, 6.45) is 4.12. The number of rotatable bonds is 5. The molecule has 0 amide bonds. The molecule has 0 aliphatic heterocycles. The van der Waals surface area contributed by atoms with Crippen LogP contribution in [0.1, 0.15) is 12.6 Å². The van der Waals surface area contributed by atoms with Gasteiger partial charge >= 0.3 is 0 Å². The summed E-state index contributed by atoms with van der Waals surface area (Å²) in [5.41, 5.74) is 1.11. The van der Waals surface area contributed by atoms with Crippen LogP contribution in [0.25, 0.3) is 4.96 Å². The van der Waals surface area contributed by atoms with Gasteiger partial charge in [-0.15, -0.1) is 11.3 Å². The van der Waals surface area contributed by atoms with Crippen molar-refractivity contribution in [3.8, 4) is 0 Å². The Kier molecular flexibility index (Phi) is 3.58. The fourth-order valence-electron chi connectivity index (χ4n) is 1.45. The molecule has 1 unspecified atom stereocenters. The fourth-order valence-corrected chi connectivity index (χ4v) is 2.17. The largest absolute Gasteiger partial charge is 0.310 e. The molecule has 2 heterocycles. The number of likely N-dealkylation sites (N-methyl/N-ethyl adjacent to an activating group) is 1. The van der Waals surface area contributed by atoms with Crippen molar-refractivity contribution in [3.05, 3.63) is 23.5 Å². The van der Waals surface area contributed by atoms with Crippen LogP contribution in [0, 0.1) is 0 Å². The molecule has 0 aliphatic carbocycles.